The molecule has 1 saturated heterocycles. The SMILES string of the molecule is CC(C(=O)NCC1(CO)CC1)C1CCOCC1. The van der Waals surface area contributed by atoms with Crippen LogP contribution in [0.1, 0.15) is 32.6 Å². The lowest BCUT2D eigenvalue weighted by atomic mass is 9.86. The molecule has 2 rings (SSSR count). The van der Waals surface area contributed by atoms with E-state index in [1.165, 1.54) is 0 Å². The maximum Gasteiger partial charge on any atom is 0.223 e. The van der Waals surface area contributed by atoms with Gasteiger partial charge in [-0.2, -0.15) is 0 Å². The van der Waals surface area contributed by atoms with E-state index in [-0.39, 0.29) is 23.8 Å². The van der Waals surface area contributed by atoms with Gasteiger partial charge in [0.1, 0.15) is 0 Å². The van der Waals surface area contributed by atoms with Crippen LogP contribution in [0.3, 0.4) is 0 Å². The lowest BCUT2D eigenvalue weighted by molar-refractivity contribution is -0.127. The van der Waals surface area contributed by atoms with Crippen LogP contribution < -0.4 is 5.32 Å². The quantitative estimate of drug-likeness (QED) is 0.753. The summed E-state index contributed by atoms with van der Waals surface area (Å²) in [4.78, 5) is 12.0. The topological polar surface area (TPSA) is 58.6 Å². The van der Waals surface area contributed by atoms with Gasteiger partial charge in [0, 0.05) is 31.1 Å². The van der Waals surface area contributed by atoms with Crippen molar-refractivity contribution in [2.75, 3.05) is 26.4 Å². The summed E-state index contributed by atoms with van der Waals surface area (Å²) in [6.45, 7) is 4.39. The van der Waals surface area contributed by atoms with E-state index in [2.05, 4.69) is 5.32 Å². The van der Waals surface area contributed by atoms with Gasteiger partial charge >= 0.3 is 0 Å². The Bertz CT molecular complexity index is 270. The van der Waals surface area contributed by atoms with E-state index < -0.39 is 0 Å². The molecule has 1 aliphatic heterocycles. The molecule has 0 aromatic carbocycles. The largest absolute Gasteiger partial charge is 0.396 e. The van der Waals surface area contributed by atoms with Gasteiger partial charge in [0.2, 0.25) is 5.91 Å². The van der Waals surface area contributed by atoms with Crippen LogP contribution in [0.5, 0.6) is 0 Å². The van der Waals surface area contributed by atoms with E-state index in [0.29, 0.717) is 12.5 Å². The summed E-state index contributed by atoms with van der Waals surface area (Å²) < 4.78 is 5.31. The minimum Gasteiger partial charge on any atom is -0.396 e. The highest BCUT2D eigenvalue weighted by molar-refractivity contribution is 5.78. The first-order valence-corrected chi connectivity index (χ1v) is 6.63. The zero-order chi connectivity index (χ0) is 12.3. The Morgan fingerprint density at radius 1 is 1.47 bits per heavy atom. The molecule has 1 amide bonds. The third-order valence-corrected chi connectivity index (χ3v) is 4.32. The number of rotatable bonds is 5. The molecule has 1 aliphatic carbocycles. The van der Waals surface area contributed by atoms with E-state index in [9.17, 15) is 9.90 Å². The van der Waals surface area contributed by atoms with Crippen LogP contribution in [0.15, 0.2) is 0 Å². The van der Waals surface area contributed by atoms with E-state index in [4.69, 9.17) is 4.74 Å². The van der Waals surface area contributed by atoms with E-state index in [1.54, 1.807) is 0 Å². The summed E-state index contributed by atoms with van der Waals surface area (Å²) in [6.07, 6.45) is 4.05. The second-order valence-corrected chi connectivity index (χ2v) is 5.61. The summed E-state index contributed by atoms with van der Waals surface area (Å²) in [7, 11) is 0. The summed E-state index contributed by atoms with van der Waals surface area (Å²) in [5.41, 5.74) is 0.00502. The molecule has 0 spiro atoms. The summed E-state index contributed by atoms with van der Waals surface area (Å²) in [5.74, 6) is 0.651. The van der Waals surface area contributed by atoms with Crippen molar-refractivity contribution in [3.63, 3.8) is 0 Å². The molecule has 4 nitrogen and oxygen atoms in total. The van der Waals surface area contributed by atoms with Gasteiger partial charge in [-0.05, 0) is 31.6 Å². The maximum atomic E-state index is 12.0. The van der Waals surface area contributed by atoms with Crippen molar-refractivity contribution in [3.05, 3.63) is 0 Å². The van der Waals surface area contributed by atoms with Gasteiger partial charge < -0.3 is 15.2 Å². The van der Waals surface area contributed by atoms with E-state index in [1.807, 2.05) is 6.92 Å². The molecule has 0 aromatic rings. The molecule has 1 heterocycles. The smallest absolute Gasteiger partial charge is 0.223 e. The fourth-order valence-corrected chi connectivity index (χ4v) is 2.43. The van der Waals surface area contributed by atoms with Crippen molar-refractivity contribution in [2.45, 2.75) is 32.6 Å². The van der Waals surface area contributed by atoms with Crippen LogP contribution in [0.2, 0.25) is 0 Å². The lowest BCUT2D eigenvalue weighted by Crippen LogP contribution is -2.39. The van der Waals surface area contributed by atoms with Crippen LogP contribution in [-0.4, -0.2) is 37.4 Å². The van der Waals surface area contributed by atoms with Crippen LogP contribution >= 0.6 is 0 Å². The average Bonchev–Trinajstić information content (AvgIpc) is 3.17. The number of hydrogen-bond acceptors (Lipinski definition) is 3. The normalized spacial score (nSPS) is 25.3. The number of nitrogens with one attached hydrogen (secondary N) is 1. The second-order valence-electron chi connectivity index (χ2n) is 5.61. The number of aliphatic hydroxyl groups excluding tert-OH is 1. The minimum atomic E-state index is 0.00502. The van der Waals surface area contributed by atoms with Crippen molar-refractivity contribution in [2.24, 2.45) is 17.3 Å². The number of amides is 1. The Balaban J connectivity index is 1.74. The van der Waals surface area contributed by atoms with Gasteiger partial charge in [-0.1, -0.05) is 6.92 Å². The molecule has 2 N–H and O–H groups in total. The fourth-order valence-electron chi connectivity index (χ4n) is 2.43. The second kappa shape index (κ2) is 5.36. The molecule has 0 bridgehead atoms. The van der Waals surface area contributed by atoms with Crippen LogP contribution in [0, 0.1) is 17.3 Å². The highest BCUT2D eigenvalue weighted by Crippen LogP contribution is 2.44. The number of hydrogen-bond donors (Lipinski definition) is 2. The van der Waals surface area contributed by atoms with Gasteiger partial charge in [-0.25, -0.2) is 0 Å². The standard InChI is InChI=1S/C13H23NO3/c1-10(11-2-6-17-7-3-11)12(16)14-8-13(9-15)4-5-13/h10-11,15H,2-9H2,1H3,(H,14,16). The van der Waals surface area contributed by atoms with Crippen molar-refractivity contribution in [3.8, 4) is 0 Å². The fraction of sp³-hybridized carbons (Fsp3) is 0.923. The minimum absolute atomic E-state index is 0.00502. The Hall–Kier alpha value is -0.610. The molecular weight excluding hydrogens is 218 g/mol. The molecule has 2 fully saturated rings. The highest BCUT2D eigenvalue weighted by Gasteiger charge is 2.42. The Labute approximate surface area is 103 Å². The lowest BCUT2D eigenvalue weighted by Gasteiger charge is -2.27. The maximum absolute atomic E-state index is 12.0. The molecule has 2 aliphatic rings. The van der Waals surface area contributed by atoms with Gasteiger partial charge in [0.15, 0.2) is 0 Å². The average molecular weight is 241 g/mol. The van der Waals surface area contributed by atoms with Crippen LogP contribution in [0.25, 0.3) is 0 Å². The predicted octanol–water partition coefficient (Wildman–Crippen LogP) is 0.938. The molecule has 1 unspecified atom stereocenters. The summed E-state index contributed by atoms with van der Waals surface area (Å²) >= 11 is 0. The van der Waals surface area contributed by atoms with Crippen molar-refractivity contribution in [1.29, 1.82) is 0 Å². The molecular formula is C13H23NO3. The van der Waals surface area contributed by atoms with Crippen molar-refractivity contribution < 1.29 is 14.6 Å². The predicted molar refractivity (Wildman–Crippen MR) is 64.5 cm³/mol. The third kappa shape index (κ3) is 3.19. The number of ether oxygens (including phenoxy) is 1. The third-order valence-electron chi connectivity index (χ3n) is 4.32. The first-order valence-electron chi connectivity index (χ1n) is 6.63. The molecule has 0 aromatic heterocycles. The molecule has 1 saturated carbocycles. The Morgan fingerprint density at radius 3 is 2.65 bits per heavy atom. The Morgan fingerprint density at radius 2 is 2.12 bits per heavy atom. The molecule has 0 radical (unpaired) electrons. The van der Waals surface area contributed by atoms with Gasteiger partial charge in [-0.3, -0.25) is 4.79 Å². The zero-order valence-electron chi connectivity index (χ0n) is 10.6. The van der Waals surface area contributed by atoms with E-state index >= 15 is 0 Å². The Kier molecular flexibility index (Phi) is 4.05. The molecule has 17 heavy (non-hydrogen) atoms. The van der Waals surface area contributed by atoms with E-state index in [0.717, 1.165) is 38.9 Å². The number of aliphatic hydroxyl groups is 1. The molecule has 98 valence electrons. The number of carbonyl (C=O) groups excluding carboxylic acids is 1. The molecule has 1 atom stereocenters. The first-order chi connectivity index (χ1) is 8.17. The van der Waals surface area contributed by atoms with Crippen LogP contribution in [-0.2, 0) is 9.53 Å². The zero-order valence-corrected chi connectivity index (χ0v) is 10.6. The first kappa shape index (κ1) is 12.8. The molecule has 4 heteroatoms. The van der Waals surface area contributed by atoms with Crippen molar-refractivity contribution >= 4 is 5.91 Å². The van der Waals surface area contributed by atoms with Gasteiger partial charge in [0.25, 0.3) is 0 Å². The van der Waals surface area contributed by atoms with Gasteiger partial charge in [-0.15, -0.1) is 0 Å². The monoisotopic (exact) mass is 241 g/mol. The van der Waals surface area contributed by atoms with Crippen LogP contribution in [0.4, 0.5) is 0 Å². The van der Waals surface area contributed by atoms with Gasteiger partial charge in [0.05, 0.1) is 6.61 Å². The summed E-state index contributed by atoms with van der Waals surface area (Å²) in [5, 5.41) is 12.2. The highest BCUT2D eigenvalue weighted by atomic mass is 16.5. The number of carbonyl (C=O) groups is 1. The summed E-state index contributed by atoms with van der Waals surface area (Å²) in [6, 6.07) is 0. The van der Waals surface area contributed by atoms with Crippen molar-refractivity contribution in [1.82, 2.24) is 5.32 Å².